The fraction of sp³-hybridized carbons (Fsp3) is 0.467. The molecule has 0 spiro atoms. The summed E-state index contributed by atoms with van der Waals surface area (Å²) in [7, 11) is 0. The monoisotopic (exact) mass is 288 g/mol. The summed E-state index contributed by atoms with van der Waals surface area (Å²) in [5, 5.41) is 21.1. The van der Waals surface area contributed by atoms with E-state index >= 15 is 0 Å². The van der Waals surface area contributed by atoms with Crippen molar-refractivity contribution in [3.8, 4) is 11.4 Å². The van der Waals surface area contributed by atoms with Crippen molar-refractivity contribution in [1.29, 1.82) is 0 Å². The van der Waals surface area contributed by atoms with Crippen molar-refractivity contribution in [2.75, 3.05) is 0 Å². The lowest BCUT2D eigenvalue weighted by Crippen LogP contribution is -2.23. The third-order valence-corrected chi connectivity index (χ3v) is 3.42. The van der Waals surface area contributed by atoms with E-state index in [-0.39, 0.29) is 6.54 Å². The number of carboxylic acids is 1. The predicted molar refractivity (Wildman–Crippen MR) is 78.6 cm³/mol. The van der Waals surface area contributed by atoms with Gasteiger partial charge in [0.05, 0.1) is 12.5 Å². The van der Waals surface area contributed by atoms with E-state index in [0.717, 1.165) is 11.1 Å². The number of nitrogens with zero attached hydrogens (tertiary/aromatic N) is 4. The minimum Gasteiger partial charge on any atom is -0.481 e. The van der Waals surface area contributed by atoms with Gasteiger partial charge in [-0.25, -0.2) is 4.68 Å². The summed E-state index contributed by atoms with van der Waals surface area (Å²) in [4.78, 5) is 11.4. The first-order valence-electron chi connectivity index (χ1n) is 7.04. The zero-order valence-electron chi connectivity index (χ0n) is 12.5. The number of aryl methyl sites for hydroxylation is 1. The van der Waals surface area contributed by atoms with E-state index in [4.69, 9.17) is 0 Å². The van der Waals surface area contributed by atoms with E-state index in [1.54, 1.807) is 4.68 Å². The second-order valence-electron chi connectivity index (χ2n) is 5.66. The molecule has 0 saturated carbocycles. The van der Waals surface area contributed by atoms with Crippen molar-refractivity contribution in [3.63, 3.8) is 0 Å². The van der Waals surface area contributed by atoms with Crippen LogP contribution in [0.1, 0.15) is 25.8 Å². The number of carboxylic acid groups (broad SMARTS) is 1. The van der Waals surface area contributed by atoms with Gasteiger partial charge in [-0.1, -0.05) is 38.1 Å². The maximum Gasteiger partial charge on any atom is 0.308 e. The molecule has 6 heteroatoms. The number of tetrazole rings is 1. The molecule has 2 aromatic rings. The van der Waals surface area contributed by atoms with Crippen LogP contribution in [0.5, 0.6) is 0 Å². The predicted octanol–water partition coefficient (Wildman–Crippen LogP) is 2.40. The van der Waals surface area contributed by atoms with Crippen molar-refractivity contribution in [2.45, 2.75) is 33.7 Å². The molecule has 1 aromatic heterocycles. The largest absolute Gasteiger partial charge is 0.481 e. The minimum absolute atomic E-state index is 0.282. The maximum absolute atomic E-state index is 11.4. The van der Waals surface area contributed by atoms with E-state index in [2.05, 4.69) is 15.5 Å². The zero-order valence-corrected chi connectivity index (χ0v) is 12.5. The van der Waals surface area contributed by atoms with E-state index in [9.17, 15) is 9.90 Å². The van der Waals surface area contributed by atoms with Crippen LogP contribution in [0.15, 0.2) is 24.3 Å². The quantitative estimate of drug-likeness (QED) is 0.882. The van der Waals surface area contributed by atoms with Crippen molar-refractivity contribution in [3.05, 3.63) is 29.8 Å². The van der Waals surface area contributed by atoms with Gasteiger partial charge in [-0.2, -0.15) is 0 Å². The molecule has 112 valence electrons. The van der Waals surface area contributed by atoms with Crippen LogP contribution in [0.25, 0.3) is 11.4 Å². The molecule has 1 N–H and O–H groups in total. The van der Waals surface area contributed by atoms with Crippen molar-refractivity contribution >= 4 is 5.97 Å². The van der Waals surface area contributed by atoms with Gasteiger partial charge < -0.3 is 5.11 Å². The molecule has 0 aliphatic rings. The molecular formula is C15H20N4O2. The number of hydrogen-bond donors (Lipinski definition) is 1. The van der Waals surface area contributed by atoms with Gasteiger partial charge in [0.1, 0.15) is 0 Å². The Labute approximate surface area is 123 Å². The van der Waals surface area contributed by atoms with Crippen LogP contribution in [0.2, 0.25) is 0 Å². The Morgan fingerprint density at radius 2 is 2.05 bits per heavy atom. The molecule has 1 unspecified atom stereocenters. The van der Waals surface area contributed by atoms with Crippen molar-refractivity contribution < 1.29 is 9.90 Å². The number of aliphatic carboxylic acids is 1. The molecule has 0 aliphatic heterocycles. The number of aromatic nitrogens is 4. The molecule has 0 radical (unpaired) electrons. The summed E-state index contributed by atoms with van der Waals surface area (Å²) < 4.78 is 1.59. The van der Waals surface area contributed by atoms with Gasteiger partial charge in [0.2, 0.25) is 0 Å². The van der Waals surface area contributed by atoms with Gasteiger partial charge in [0.15, 0.2) is 5.82 Å². The van der Waals surface area contributed by atoms with E-state index in [1.807, 2.05) is 45.0 Å². The van der Waals surface area contributed by atoms with Gasteiger partial charge in [-0.15, -0.1) is 5.10 Å². The highest BCUT2D eigenvalue weighted by Crippen LogP contribution is 2.22. The number of carbonyl (C=O) groups is 1. The average molecular weight is 288 g/mol. The maximum atomic E-state index is 11.4. The average Bonchev–Trinajstić information content (AvgIpc) is 2.86. The molecule has 6 nitrogen and oxygen atoms in total. The Balaban J connectivity index is 2.28. The minimum atomic E-state index is -0.810. The molecule has 0 aliphatic carbocycles. The van der Waals surface area contributed by atoms with Crippen LogP contribution >= 0.6 is 0 Å². The fourth-order valence-electron chi connectivity index (χ4n) is 2.38. The molecule has 2 rings (SSSR count). The number of rotatable bonds is 6. The summed E-state index contributed by atoms with van der Waals surface area (Å²) >= 11 is 0. The Hall–Kier alpha value is -2.24. The van der Waals surface area contributed by atoms with Gasteiger partial charge in [0, 0.05) is 5.56 Å². The van der Waals surface area contributed by atoms with E-state index in [0.29, 0.717) is 18.2 Å². The van der Waals surface area contributed by atoms with Crippen LogP contribution in [-0.2, 0) is 11.3 Å². The Kier molecular flexibility index (Phi) is 4.67. The first kappa shape index (κ1) is 15.2. The highest BCUT2D eigenvalue weighted by Gasteiger charge is 2.22. The molecule has 1 atom stereocenters. The first-order valence-corrected chi connectivity index (χ1v) is 7.04. The number of benzene rings is 1. The van der Waals surface area contributed by atoms with Gasteiger partial charge in [0.25, 0.3) is 0 Å². The molecule has 0 bridgehead atoms. The first-order chi connectivity index (χ1) is 9.99. The summed E-state index contributed by atoms with van der Waals surface area (Å²) in [6.07, 6.45) is 0.600. The molecular weight excluding hydrogens is 268 g/mol. The van der Waals surface area contributed by atoms with E-state index < -0.39 is 11.9 Å². The van der Waals surface area contributed by atoms with Crippen molar-refractivity contribution in [1.82, 2.24) is 20.2 Å². The van der Waals surface area contributed by atoms with Crippen LogP contribution in [0, 0.1) is 18.8 Å². The SMILES string of the molecule is Cc1ccccc1-c1nnnn1CC(CC(C)C)C(=O)O. The lowest BCUT2D eigenvalue weighted by Gasteiger charge is -2.15. The summed E-state index contributed by atoms with van der Waals surface area (Å²) in [6.45, 7) is 6.29. The second-order valence-corrected chi connectivity index (χ2v) is 5.66. The highest BCUT2D eigenvalue weighted by molar-refractivity contribution is 5.70. The third-order valence-electron chi connectivity index (χ3n) is 3.42. The summed E-state index contributed by atoms with van der Waals surface area (Å²) in [5.74, 6) is -0.376. The van der Waals surface area contributed by atoms with Gasteiger partial charge in [-0.05, 0) is 35.3 Å². The summed E-state index contributed by atoms with van der Waals surface area (Å²) in [6, 6.07) is 7.79. The zero-order chi connectivity index (χ0) is 15.4. The molecule has 21 heavy (non-hydrogen) atoms. The van der Waals surface area contributed by atoms with Crippen LogP contribution in [0.3, 0.4) is 0 Å². The summed E-state index contributed by atoms with van der Waals surface area (Å²) in [5.41, 5.74) is 1.99. The normalized spacial score (nSPS) is 12.6. The molecule has 0 fully saturated rings. The van der Waals surface area contributed by atoms with Crippen LogP contribution in [0.4, 0.5) is 0 Å². The van der Waals surface area contributed by atoms with E-state index in [1.165, 1.54) is 0 Å². The topological polar surface area (TPSA) is 80.9 Å². The smallest absolute Gasteiger partial charge is 0.308 e. The number of hydrogen-bond acceptors (Lipinski definition) is 4. The van der Waals surface area contributed by atoms with Crippen LogP contribution in [-0.4, -0.2) is 31.3 Å². The second kappa shape index (κ2) is 6.47. The van der Waals surface area contributed by atoms with Crippen molar-refractivity contribution in [2.24, 2.45) is 11.8 Å². The Morgan fingerprint density at radius 1 is 1.33 bits per heavy atom. The van der Waals surface area contributed by atoms with Crippen LogP contribution < -0.4 is 0 Å². The van der Waals surface area contributed by atoms with Gasteiger partial charge >= 0.3 is 5.97 Å². The third kappa shape index (κ3) is 3.65. The lowest BCUT2D eigenvalue weighted by atomic mass is 9.97. The highest BCUT2D eigenvalue weighted by atomic mass is 16.4. The molecule has 1 heterocycles. The lowest BCUT2D eigenvalue weighted by molar-refractivity contribution is -0.142. The Morgan fingerprint density at radius 3 is 2.67 bits per heavy atom. The standard InChI is InChI=1S/C15H20N4O2/c1-10(2)8-12(15(20)21)9-19-14(16-17-18-19)13-7-5-4-6-11(13)3/h4-7,10,12H,8-9H2,1-3H3,(H,20,21). The molecule has 0 saturated heterocycles. The fourth-order valence-corrected chi connectivity index (χ4v) is 2.38. The Bertz CT molecular complexity index is 622. The molecule has 1 aromatic carbocycles. The molecule has 0 amide bonds. The van der Waals surface area contributed by atoms with Gasteiger partial charge in [-0.3, -0.25) is 4.79 Å².